The third-order valence-corrected chi connectivity index (χ3v) is 9.15. The summed E-state index contributed by atoms with van der Waals surface area (Å²) in [5.41, 5.74) is 0. The average molecular weight is 696 g/mol. The van der Waals surface area contributed by atoms with Crippen molar-refractivity contribution in [2.24, 2.45) is 0 Å². The molecule has 49 heavy (non-hydrogen) atoms. The van der Waals surface area contributed by atoms with E-state index in [0.717, 1.165) is 57.8 Å². The van der Waals surface area contributed by atoms with Crippen molar-refractivity contribution in [1.82, 2.24) is 0 Å². The van der Waals surface area contributed by atoms with Crippen molar-refractivity contribution in [1.29, 1.82) is 0 Å². The SMILES string of the molecule is CCCC/C=C/CCCCCCC(=O)OC(COCCC(C(=O)[O-])[N+](C)(C)C)COC(=O)CCCCCCCCCCCCCCCCC. The quantitative estimate of drug-likeness (QED) is 0.0279. The van der Waals surface area contributed by atoms with E-state index in [0.29, 0.717) is 12.8 Å². The number of carbonyl (C=O) groups excluding carboxylic acids is 3. The van der Waals surface area contributed by atoms with Crippen molar-refractivity contribution in [3.63, 3.8) is 0 Å². The molecule has 0 fully saturated rings. The van der Waals surface area contributed by atoms with E-state index >= 15 is 0 Å². The Morgan fingerprint density at radius 3 is 1.53 bits per heavy atom. The molecule has 0 saturated carbocycles. The maximum Gasteiger partial charge on any atom is 0.306 e. The van der Waals surface area contributed by atoms with Crippen LogP contribution in [0.25, 0.3) is 0 Å². The van der Waals surface area contributed by atoms with Gasteiger partial charge in [0, 0.05) is 19.3 Å². The lowest BCUT2D eigenvalue weighted by atomic mass is 10.0. The predicted octanol–water partition coefficient (Wildman–Crippen LogP) is 9.02. The monoisotopic (exact) mass is 696 g/mol. The summed E-state index contributed by atoms with van der Waals surface area (Å²) in [6.07, 6.45) is 32.3. The Morgan fingerprint density at radius 2 is 1.04 bits per heavy atom. The van der Waals surface area contributed by atoms with Crippen LogP contribution in [0.4, 0.5) is 0 Å². The summed E-state index contributed by atoms with van der Waals surface area (Å²) in [5, 5.41) is 11.6. The molecule has 0 bridgehead atoms. The van der Waals surface area contributed by atoms with Crippen molar-refractivity contribution >= 4 is 17.9 Å². The van der Waals surface area contributed by atoms with Crippen molar-refractivity contribution < 1.29 is 38.2 Å². The van der Waals surface area contributed by atoms with Crippen LogP contribution in [0.1, 0.15) is 181 Å². The zero-order valence-corrected chi connectivity index (χ0v) is 32.6. The average Bonchev–Trinajstić information content (AvgIpc) is 3.05. The van der Waals surface area contributed by atoms with Crippen LogP contribution in [-0.4, -0.2) is 75.5 Å². The molecule has 8 nitrogen and oxygen atoms in total. The Hall–Kier alpha value is -1.93. The van der Waals surface area contributed by atoms with Gasteiger partial charge in [-0.05, 0) is 32.1 Å². The molecule has 0 aromatic carbocycles. The van der Waals surface area contributed by atoms with Crippen molar-refractivity contribution in [3.05, 3.63) is 12.2 Å². The van der Waals surface area contributed by atoms with Crippen LogP contribution in [-0.2, 0) is 28.6 Å². The van der Waals surface area contributed by atoms with Gasteiger partial charge in [-0.15, -0.1) is 0 Å². The van der Waals surface area contributed by atoms with Gasteiger partial charge < -0.3 is 28.6 Å². The van der Waals surface area contributed by atoms with Crippen LogP contribution in [0.2, 0.25) is 0 Å². The van der Waals surface area contributed by atoms with E-state index in [-0.39, 0.29) is 42.7 Å². The Labute approximate surface area is 301 Å². The molecule has 0 heterocycles. The minimum absolute atomic E-state index is 0.0409. The van der Waals surface area contributed by atoms with Gasteiger partial charge in [0.05, 0.1) is 40.3 Å². The molecule has 2 unspecified atom stereocenters. The number of carboxylic acids is 1. The highest BCUT2D eigenvalue weighted by Gasteiger charge is 2.25. The lowest BCUT2D eigenvalue weighted by Crippen LogP contribution is -2.55. The normalized spacial score (nSPS) is 13.1. The van der Waals surface area contributed by atoms with E-state index in [1.165, 1.54) is 89.9 Å². The predicted molar refractivity (Wildman–Crippen MR) is 199 cm³/mol. The summed E-state index contributed by atoms with van der Waals surface area (Å²) in [7, 11) is 5.40. The molecule has 288 valence electrons. The topological polar surface area (TPSA) is 102 Å². The van der Waals surface area contributed by atoms with Gasteiger partial charge in [-0.1, -0.05) is 142 Å². The summed E-state index contributed by atoms with van der Waals surface area (Å²) < 4.78 is 17.1. The van der Waals surface area contributed by atoms with E-state index in [9.17, 15) is 19.5 Å². The van der Waals surface area contributed by atoms with Gasteiger partial charge in [-0.3, -0.25) is 9.59 Å². The van der Waals surface area contributed by atoms with Gasteiger partial charge in [0.1, 0.15) is 12.6 Å². The van der Waals surface area contributed by atoms with Crippen LogP contribution in [0.5, 0.6) is 0 Å². The Morgan fingerprint density at radius 1 is 0.592 bits per heavy atom. The molecule has 8 heteroatoms. The fourth-order valence-corrected chi connectivity index (χ4v) is 5.93. The van der Waals surface area contributed by atoms with Crippen LogP contribution in [0, 0.1) is 0 Å². The first-order valence-electron chi connectivity index (χ1n) is 20.2. The van der Waals surface area contributed by atoms with Gasteiger partial charge in [0.2, 0.25) is 0 Å². The highest BCUT2D eigenvalue weighted by molar-refractivity contribution is 5.70. The molecule has 0 aromatic heterocycles. The minimum atomic E-state index is -1.13. The summed E-state index contributed by atoms with van der Waals surface area (Å²) in [5.74, 6) is -1.74. The second-order valence-electron chi connectivity index (χ2n) is 14.9. The van der Waals surface area contributed by atoms with Crippen molar-refractivity contribution in [2.75, 3.05) is 41.0 Å². The summed E-state index contributed by atoms with van der Waals surface area (Å²) in [6.45, 7) is 4.61. The lowest BCUT2D eigenvalue weighted by Gasteiger charge is -2.34. The Bertz CT molecular complexity index is 823. The van der Waals surface area contributed by atoms with Gasteiger partial charge in [0.25, 0.3) is 0 Å². The number of unbranched alkanes of at least 4 members (excludes halogenated alkanes) is 20. The molecule has 0 aliphatic rings. The number of esters is 2. The molecular weight excluding hydrogens is 618 g/mol. The first-order chi connectivity index (χ1) is 23.6. The van der Waals surface area contributed by atoms with Gasteiger partial charge >= 0.3 is 11.9 Å². The number of likely N-dealkylation sites (N-methyl/N-ethyl adjacent to an activating group) is 1. The molecule has 0 N–H and O–H groups in total. The molecule has 2 atom stereocenters. The number of ether oxygens (including phenoxy) is 3. The highest BCUT2D eigenvalue weighted by Crippen LogP contribution is 2.15. The van der Waals surface area contributed by atoms with E-state index in [1.54, 1.807) is 21.1 Å². The summed E-state index contributed by atoms with van der Waals surface area (Å²) in [6, 6.07) is -0.722. The standard InChI is InChI=1S/C41H77NO7/c1-6-8-10-12-14-16-18-19-20-21-22-24-25-27-29-31-39(43)48-36-37(35-47-34-33-38(41(45)46)42(3,4)5)49-40(44)32-30-28-26-23-17-15-13-11-9-7-2/h13,15,37-38H,6-12,14,16-36H2,1-5H3/b15-13+. The smallest absolute Gasteiger partial charge is 0.306 e. The number of allylic oxidation sites excluding steroid dienone is 2. The van der Waals surface area contributed by atoms with Crippen molar-refractivity contribution in [2.45, 2.75) is 193 Å². The zero-order valence-electron chi connectivity index (χ0n) is 32.6. The lowest BCUT2D eigenvalue weighted by molar-refractivity contribution is -0.889. The maximum absolute atomic E-state index is 12.6. The molecule has 0 aliphatic heterocycles. The molecule has 0 spiro atoms. The Kier molecular flexibility index (Phi) is 31.9. The second-order valence-corrected chi connectivity index (χ2v) is 14.9. The fraction of sp³-hybridized carbons (Fsp3) is 0.878. The van der Waals surface area contributed by atoms with Gasteiger partial charge in [-0.25, -0.2) is 0 Å². The number of quaternary nitrogens is 1. The number of carboxylic acid groups (broad SMARTS) is 1. The number of carbonyl (C=O) groups is 3. The Balaban J connectivity index is 4.34. The molecule has 0 rings (SSSR count). The molecule has 0 radical (unpaired) electrons. The van der Waals surface area contributed by atoms with Crippen molar-refractivity contribution in [3.8, 4) is 0 Å². The van der Waals surface area contributed by atoms with Crippen LogP contribution in [0.15, 0.2) is 12.2 Å². The third kappa shape index (κ3) is 31.8. The maximum atomic E-state index is 12.6. The number of aliphatic carboxylic acids is 1. The molecule has 0 aliphatic carbocycles. The number of rotatable bonds is 36. The molecule has 0 saturated heterocycles. The first kappa shape index (κ1) is 47.1. The van der Waals surface area contributed by atoms with Crippen LogP contribution in [0.3, 0.4) is 0 Å². The van der Waals surface area contributed by atoms with E-state index in [2.05, 4.69) is 26.0 Å². The van der Waals surface area contributed by atoms with E-state index < -0.39 is 18.1 Å². The van der Waals surface area contributed by atoms with Gasteiger partial charge in [-0.2, -0.15) is 0 Å². The number of hydrogen-bond donors (Lipinski definition) is 0. The molecule has 0 amide bonds. The fourth-order valence-electron chi connectivity index (χ4n) is 5.93. The number of hydrogen-bond acceptors (Lipinski definition) is 7. The zero-order chi connectivity index (χ0) is 36.4. The summed E-state index contributed by atoms with van der Waals surface area (Å²) in [4.78, 5) is 36.6. The number of nitrogens with zero attached hydrogens (tertiary/aromatic N) is 1. The highest BCUT2D eigenvalue weighted by atomic mass is 16.6. The minimum Gasteiger partial charge on any atom is -0.544 e. The van der Waals surface area contributed by atoms with E-state index in [4.69, 9.17) is 14.2 Å². The van der Waals surface area contributed by atoms with Crippen LogP contribution < -0.4 is 5.11 Å². The van der Waals surface area contributed by atoms with Crippen LogP contribution >= 0.6 is 0 Å². The first-order valence-corrected chi connectivity index (χ1v) is 20.2. The van der Waals surface area contributed by atoms with Gasteiger partial charge in [0.15, 0.2) is 6.10 Å². The second kappa shape index (κ2) is 33.2. The largest absolute Gasteiger partial charge is 0.544 e. The summed E-state index contributed by atoms with van der Waals surface area (Å²) >= 11 is 0. The van der Waals surface area contributed by atoms with E-state index in [1.807, 2.05) is 0 Å². The molecular formula is C41H77NO7. The third-order valence-electron chi connectivity index (χ3n) is 9.15. The molecule has 0 aromatic rings.